The molecule has 0 rings (SSSR count). The molecule has 0 fully saturated rings. The number of unbranched alkanes of at least 4 members (excludes halogenated alkanes) is 24. The third kappa shape index (κ3) is 41.1. The van der Waals surface area contributed by atoms with E-state index in [4.69, 9.17) is 9.47 Å². The van der Waals surface area contributed by atoms with Crippen molar-refractivity contribution >= 4 is 11.9 Å². The van der Waals surface area contributed by atoms with E-state index in [-0.39, 0.29) is 11.9 Å². The van der Waals surface area contributed by atoms with E-state index in [1.54, 1.807) is 0 Å². The Hall–Kier alpha value is -1.06. The summed E-state index contributed by atoms with van der Waals surface area (Å²) in [6.07, 6.45) is 36.2. The molecule has 0 radical (unpaired) electrons. The van der Waals surface area contributed by atoms with E-state index >= 15 is 0 Å². The van der Waals surface area contributed by atoms with E-state index in [1.807, 2.05) is 6.92 Å². The minimum Gasteiger partial charge on any atom is -0.466 e. The molecular weight excluding hydrogens is 508 g/mol. The molecule has 0 aromatic carbocycles. The molecule has 0 heterocycles. The summed E-state index contributed by atoms with van der Waals surface area (Å²) in [5.41, 5.74) is 0. The Labute approximate surface area is 257 Å². The molecule has 0 spiro atoms. The largest absolute Gasteiger partial charge is 0.466 e. The number of carbonyl (C=O) groups is 2. The predicted octanol–water partition coefficient (Wildman–Crippen LogP) is 12.5. The lowest BCUT2D eigenvalue weighted by molar-refractivity contribution is -0.144. The quantitative estimate of drug-likeness (QED) is 0.0602. The topological polar surface area (TPSA) is 52.6 Å². The number of carbonyl (C=O) groups excluding carboxylic acids is 2. The van der Waals surface area contributed by atoms with E-state index < -0.39 is 0 Å². The lowest BCUT2D eigenvalue weighted by Gasteiger charge is -2.05. The maximum absolute atomic E-state index is 11.7. The van der Waals surface area contributed by atoms with Crippen LogP contribution in [0.25, 0.3) is 0 Å². The molecule has 0 saturated heterocycles. The zero-order valence-electron chi connectivity index (χ0n) is 28.6. The molecule has 0 aromatic rings. The number of esters is 2. The number of rotatable bonds is 31. The van der Waals surface area contributed by atoms with Gasteiger partial charge in [-0.1, -0.05) is 175 Å². The van der Waals surface area contributed by atoms with Gasteiger partial charge in [0.05, 0.1) is 13.2 Å². The van der Waals surface area contributed by atoms with Gasteiger partial charge in [0.25, 0.3) is 0 Å². The maximum Gasteiger partial charge on any atom is 0.305 e. The van der Waals surface area contributed by atoms with Crippen LogP contribution in [0, 0.1) is 0 Å². The summed E-state index contributed by atoms with van der Waals surface area (Å²) in [6.45, 7) is 9.69. The standard InChI is InChI=1S/C24H46O4.C13H28/c1-3-5-6-7-8-9-10-11-12-16-19-22-28-24(26)21-18-15-13-14-17-20-23(25)27-4-2;1-3-5-7-9-11-13-12-10-8-6-4-2/h3-22H2,1-2H3;3-13H2,1-2H3. The summed E-state index contributed by atoms with van der Waals surface area (Å²) in [7, 11) is 0. The van der Waals surface area contributed by atoms with Gasteiger partial charge >= 0.3 is 11.9 Å². The molecule has 41 heavy (non-hydrogen) atoms. The van der Waals surface area contributed by atoms with Crippen molar-refractivity contribution in [3.05, 3.63) is 0 Å². The molecule has 0 atom stereocenters. The Morgan fingerprint density at radius 2 is 0.610 bits per heavy atom. The smallest absolute Gasteiger partial charge is 0.305 e. The van der Waals surface area contributed by atoms with Crippen LogP contribution in [-0.4, -0.2) is 25.2 Å². The number of hydrogen-bond donors (Lipinski definition) is 0. The van der Waals surface area contributed by atoms with Gasteiger partial charge < -0.3 is 9.47 Å². The van der Waals surface area contributed by atoms with Crippen LogP contribution >= 0.6 is 0 Å². The summed E-state index contributed by atoms with van der Waals surface area (Å²) in [4.78, 5) is 22.9. The number of hydrogen-bond acceptors (Lipinski definition) is 4. The van der Waals surface area contributed by atoms with Crippen molar-refractivity contribution in [1.82, 2.24) is 0 Å². The third-order valence-corrected chi connectivity index (χ3v) is 7.79. The molecule has 4 heteroatoms. The van der Waals surface area contributed by atoms with Crippen LogP contribution in [0.1, 0.15) is 214 Å². The predicted molar refractivity (Wildman–Crippen MR) is 179 cm³/mol. The molecule has 0 saturated carbocycles. The molecule has 0 aromatic heterocycles. The molecule has 0 amide bonds. The monoisotopic (exact) mass is 583 g/mol. The Bertz CT molecular complexity index is 495. The van der Waals surface area contributed by atoms with Gasteiger partial charge in [-0.2, -0.15) is 0 Å². The third-order valence-electron chi connectivity index (χ3n) is 7.79. The highest BCUT2D eigenvalue weighted by Gasteiger charge is 2.04. The van der Waals surface area contributed by atoms with Crippen LogP contribution in [-0.2, 0) is 19.1 Å². The molecule has 0 N–H and O–H groups in total. The van der Waals surface area contributed by atoms with E-state index in [1.165, 1.54) is 135 Å². The first-order chi connectivity index (χ1) is 20.1. The van der Waals surface area contributed by atoms with Crippen LogP contribution in [0.2, 0.25) is 0 Å². The highest BCUT2D eigenvalue weighted by atomic mass is 16.5. The van der Waals surface area contributed by atoms with Crippen molar-refractivity contribution in [3.63, 3.8) is 0 Å². The Morgan fingerprint density at radius 1 is 0.341 bits per heavy atom. The molecule has 0 aliphatic heterocycles. The average molecular weight is 583 g/mol. The fraction of sp³-hybridized carbons (Fsp3) is 0.946. The molecule has 0 unspecified atom stereocenters. The Morgan fingerprint density at radius 3 is 0.927 bits per heavy atom. The molecule has 4 nitrogen and oxygen atoms in total. The summed E-state index contributed by atoms with van der Waals surface area (Å²) in [6, 6.07) is 0. The van der Waals surface area contributed by atoms with Crippen molar-refractivity contribution in [3.8, 4) is 0 Å². The summed E-state index contributed by atoms with van der Waals surface area (Å²) < 4.78 is 10.2. The fourth-order valence-electron chi connectivity index (χ4n) is 5.06. The van der Waals surface area contributed by atoms with Gasteiger partial charge in [0.2, 0.25) is 0 Å². The van der Waals surface area contributed by atoms with E-state index in [0.717, 1.165) is 38.5 Å². The first-order valence-corrected chi connectivity index (χ1v) is 18.4. The molecular formula is C37H74O4. The van der Waals surface area contributed by atoms with Gasteiger partial charge in [-0.3, -0.25) is 9.59 Å². The van der Waals surface area contributed by atoms with Gasteiger partial charge in [0.1, 0.15) is 0 Å². The van der Waals surface area contributed by atoms with Crippen molar-refractivity contribution in [2.24, 2.45) is 0 Å². The first-order valence-electron chi connectivity index (χ1n) is 18.4. The molecule has 246 valence electrons. The van der Waals surface area contributed by atoms with Gasteiger partial charge in [0.15, 0.2) is 0 Å². The second kappa shape index (κ2) is 38.9. The maximum atomic E-state index is 11.7. The van der Waals surface area contributed by atoms with Crippen LogP contribution < -0.4 is 0 Å². The van der Waals surface area contributed by atoms with Crippen LogP contribution in [0.3, 0.4) is 0 Å². The number of ether oxygens (including phenoxy) is 2. The van der Waals surface area contributed by atoms with E-state index in [9.17, 15) is 9.59 Å². The lowest BCUT2D eigenvalue weighted by Crippen LogP contribution is -2.05. The zero-order valence-corrected chi connectivity index (χ0v) is 28.6. The second-order valence-corrected chi connectivity index (χ2v) is 12.0. The second-order valence-electron chi connectivity index (χ2n) is 12.0. The average Bonchev–Trinajstić information content (AvgIpc) is 2.97. The van der Waals surface area contributed by atoms with Crippen molar-refractivity contribution in [1.29, 1.82) is 0 Å². The molecule has 0 bridgehead atoms. The van der Waals surface area contributed by atoms with Crippen molar-refractivity contribution in [2.75, 3.05) is 13.2 Å². The Kier molecular flexibility index (Phi) is 40.0. The minimum absolute atomic E-state index is 0.0568. The lowest BCUT2D eigenvalue weighted by atomic mass is 10.1. The first kappa shape index (κ1) is 42.1. The fourth-order valence-corrected chi connectivity index (χ4v) is 5.06. The summed E-state index contributed by atoms with van der Waals surface area (Å²) >= 11 is 0. The van der Waals surface area contributed by atoms with Crippen molar-refractivity contribution < 1.29 is 19.1 Å². The molecule has 0 aliphatic carbocycles. The zero-order chi connectivity index (χ0) is 30.5. The van der Waals surface area contributed by atoms with Crippen LogP contribution in [0.4, 0.5) is 0 Å². The van der Waals surface area contributed by atoms with Gasteiger partial charge in [-0.25, -0.2) is 0 Å². The van der Waals surface area contributed by atoms with Gasteiger partial charge in [0, 0.05) is 12.8 Å². The normalized spacial score (nSPS) is 10.7. The summed E-state index contributed by atoms with van der Waals surface area (Å²) in [5.74, 6) is -0.160. The Balaban J connectivity index is 0. The summed E-state index contributed by atoms with van der Waals surface area (Å²) in [5, 5.41) is 0. The van der Waals surface area contributed by atoms with Crippen molar-refractivity contribution in [2.45, 2.75) is 214 Å². The van der Waals surface area contributed by atoms with Crippen LogP contribution in [0.5, 0.6) is 0 Å². The van der Waals surface area contributed by atoms with Gasteiger partial charge in [-0.05, 0) is 26.2 Å². The van der Waals surface area contributed by atoms with E-state index in [0.29, 0.717) is 26.1 Å². The highest BCUT2D eigenvalue weighted by molar-refractivity contribution is 5.69. The SMILES string of the molecule is CCCCCCCCCCCCC.CCCCCCCCCCCCCOC(=O)CCCCCCCC(=O)OCC. The van der Waals surface area contributed by atoms with Gasteiger partial charge in [-0.15, -0.1) is 0 Å². The minimum atomic E-state index is -0.103. The van der Waals surface area contributed by atoms with E-state index in [2.05, 4.69) is 20.8 Å². The van der Waals surface area contributed by atoms with Crippen LogP contribution in [0.15, 0.2) is 0 Å². The molecule has 0 aliphatic rings. The highest BCUT2D eigenvalue weighted by Crippen LogP contribution is 2.13.